The van der Waals surface area contributed by atoms with Crippen molar-refractivity contribution in [2.75, 3.05) is 11.5 Å². The first-order valence-corrected chi connectivity index (χ1v) is 11.4. The molecule has 0 bridgehead atoms. The fourth-order valence-corrected chi connectivity index (χ4v) is 4.82. The van der Waals surface area contributed by atoms with E-state index < -0.39 is 5.92 Å². The zero-order valence-corrected chi connectivity index (χ0v) is 19.9. The molecule has 0 fully saturated rings. The van der Waals surface area contributed by atoms with Crippen LogP contribution >= 0.6 is 15.9 Å². The number of hydrogen-bond donors (Lipinski definition) is 1. The fourth-order valence-electron chi connectivity index (χ4n) is 4.59. The molecular formula is C25H25BrN4O2. The van der Waals surface area contributed by atoms with Crippen LogP contribution in [0.5, 0.6) is 5.75 Å². The molecule has 2 aromatic rings. The van der Waals surface area contributed by atoms with Crippen LogP contribution in [0.4, 0.5) is 5.82 Å². The number of anilines is 1. The van der Waals surface area contributed by atoms with Gasteiger partial charge in [0.2, 0.25) is 0 Å². The highest BCUT2D eigenvalue weighted by Gasteiger charge is 2.45. The summed E-state index contributed by atoms with van der Waals surface area (Å²) in [5.41, 5.74) is 8.91. The largest absolute Gasteiger partial charge is 0.494 e. The van der Waals surface area contributed by atoms with Gasteiger partial charge < -0.3 is 10.5 Å². The maximum atomic E-state index is 13.6. The quantitative estimate of drug-likeness (QED) is 0.631. The van der Waals surface area contributed by atoms with E-state index >= 15 is 0 Å². The van der Waals surface area contributed by atoms with Crippen molar-refractivity contribution < 1.29 is 9.53 Å². The van der Waals surface area contributed by atoms with Crippen LogP contribution < -0.4 is 15.4 Å². The number of benzene rings is 1. The van der Waals surface area contributed by atoms with Gasteiger partial charge in [-0.2, -0.15) is 5.26 Å². The first kappa shape index (κ1) is 22.1. The predicted molar refractivity (Wildman–Crippen MR) is 127 cm³/mol. The van der Waals surface area contributed by atoms with Crippen molar-refractivity contribution in [3.8, 4) is 11.8 Å². The number of halogens is 1. The van der Waals surface area contributed by atoms with E-state index in [2.05, 4.69) is 40.8 Å². The van der Waals surface area contributed by atoms with Crippen LogP contribution in [-0.2, 0) is 4.79 Å². The van der Waals surface area contributed by atoms with Crippen molar-refractivity contribution >= 4 is 27.5 Å². The Hall–Kier alpha value is -3.11. The number of carbonyl (C=O) groups is 1. The summed E-state index contributed by atoms with van der Waals surface area (Å²) in [7, 11) is 0. The van der Waals surface area contributed by atoms with E-state index in [1.807, 2.05) is 43.3 Å². The van der Waals surface area contributed by atoms with E-state index in [0.717, 1.165) is 15.7 Å². The molecule has 1 aromatic carbocycles. The molecule has 0 saturated carbocycles. The number of hydrogen-bond acceptors (Lipinski definition) is 6. The summed E-state index contributed by atoms with van der Waals surface area (Å²) in [5.74, 6) is 0.971. The molecule has 1 atom stereocenters. The number of nitriles is 1. The molecule has 0 amide bonds. The molecule has 1 aromatic heterocycles. The van der Waals surface area contributed by atoms with E-state index in [1.165, 1.54) is 0 Å². The van der Waals surface area contributed by atoms with Crippen LogP contribution in [0.25, 0.3) is 0 Å². The third kappa shape index (κ3) is 3.80. The van der Waals surface area contributed by atoms with Crippen LogP contribution in [0, 0.1) is 16.7 Å². The second kappa shape index (κ2) is 8.44. The number of carbonyl (C=O) groups excluding carboxylic acids is 1. The summed E-state index contributed by atoms with van der Waals surface area (Å²) in [6.07, 6.45) is 2.72. The Kier molecular flexibility index (Phi) is 5.83. The molecular weight excluding hydrogens is 468 g/mol. The Labute approximate surface area is 196 Å². The van der Waals surface area contributed by atoms with E-state index in [4.69, 9.17) is 10.5 Å². The van der Waals surface area contributed by atoms with E-state index in [1.54, 1.807) is 11.1 Å². The highest BCUT2D eigenvalue weighted by atomic mass is 79.9. The van der Waals surface area contributed by atoms with Gasteiger partial charge in [0.15, 0.2) is 5.78 Å². The topological polar surface area (TPSA) is 92.2 Å². The summed E-state index contributed by atoms with van der Waals surface area (Å²) in [5, 5.41) is 10.2. The lowest BCUT2D eigenvalue weighted by molar-refractivity contribution is -0.118. The number of nitrogens with zero attached hydrogens (tertiary/aromatic N) is 3. The van der Waals surface area contributed by atoms with Gasteiger partial charge >= 0.3 is 0 Å². The van der Waals surface area contributed by atoms with Gasteiger partial charge in [-0.1, -0.05) is 32.0 Å². The Morgan fingerprint density at radius 3 is 2.69 bits per heavy atom. The van der Waals surface area contributed by atoms with Gasteiger partial charge in [-0.15, -0.1) is 0 Å². The molecule has 6 nitrogen and oxygen atoms in total. The summed E-state index contributed by atoms with van der Waals surface area (Å²) < 4.78 is 6.69. The van der Waals surface area contributed by atoms with Gasteiger partial charge in [0.05, 0.1) is 24.2 Å². The van der Waals surface area contributed by atoms with E-state index in [-0.39, 0.29) is 11.2 Å². The van der Waals surface area contributed by atoms with Gasteiger partial charge in [-0.3, -0.25) is 9.69 Å². The first-order valence-electron chi connectivity index (χ1n) is 10.6. The van der Waals surface area contributed by atoms with Crippen molar-refractivity contribution in [1.82, 2.24) is 4.98 Å². The van der Waals surface area contributed by atoms with Gasteiger partial charge in [0.1, 0.15) is 17.4 Å². The van der Waals surface area contributed by atoms with Crippen LogP contribution in [0.2, 0.25) is 0 Å². The molecule has 0 saturated heterocycles. The molecule has 0 spiro atoms. The molecule has 1 aliphatic carbocycles. The standard InChI is InChI=1S/C25H25BrN4O2/c1-4-32-20-8-6-5-7-16(20)22-17(13-27)24(28)30(21-10-9-15(26)14-29-21)18-11-25(2,3)12-19(31)23(18)22/h5-10,14,22H,4,11-12,28H2,1-3H3/t22-/m1/s1. The summed E-state index contributed by atoms with van der Waals surface area (Å²) >= 11 is 3.41. The predicted octanol–water partition coefficient (Wildman–Crippen LogP) is 5.18. The minimum Gasteiger partial charge on any atom is -0.494 e. The SMILES string of the molecule is CCOc1ccccc1[C@@H]1C(C#N)=C(N)N(c2ccc(Br)cn2)C2=C1C(=O)CC(C)(C)C2. The van der Waals surface area contributed by atoms with Crippen LogP contribution in [0.15, 0.2) is 69.7 Å². The first-order chi connectivity index (χ1) is 15.3. The average molecular weight is 493 g/mol. The van der Waals surface area contributed by atoms with Crippen LogP contribution in [-0.4, -0.2) is 17.4 Å². The Bertz CT molecular complexity index is 1180. The number of ketones is 1. The second-order valence-electron chi connectivity index (χ2n) is 8.79. The number of ether oxygens (including phenoxy) is 1. The maximum Gasteiger partial charge on any atom is 0.162 e. The minimum atomic E-state index is -0.576. The van der Waals surface area contributed by atoms with Gasteiger partial charge in [-0.05, 0) is 52.9 Å². The molecule has 32 heavy (non-hydrogen) atoms. The highest BCUT2D eigenvalue weighted by molar-refractivity contribution is 9.10. The number of Topliss-reactive ketones (excluding diaryl/α,β-unsaturated/α-hetero) is 1. The van der Waals surface area contributed by atoms with Crippen molar-refractivity contribution in [3.05, 3.63) is 75.3 Å². The maximum absolute atomic E-state index is 13.6. The lowest BCUT2D eigenvalue weighted by atomic mass is 9.68. The monoisotopic (exact) mass is 492 g/mol. The Morgan fingerprint density at radius 1 is 1.28 bits per heavy atom. The number of para-hydroxylation sites is 1. The zero-order chi connectivity index (χ0) is 23.0. The number of pyridine rings is 1. The van der Waals surface area contributed by atoms with Crippen molar-refractivity contribution in [1.29, 1.82) is 5.26 Å². The van der Waals surface area contributed by atoms with Gasteiger partial charge in [0, 0.05) is 33.9 Å². The van der Waals surface area contributed by atoms with E-state index in [9.17, 15) is 10.1 Å². The normalized spacial score (nSPS) is 20.2. The van der Waals surface area contributed by atoms with Crippen molar-refractivity contribution in [2.24, 2.45) is 11.1 Å². The molecule has 7 heteroatoms. The lowest BCUT2D eigenvalue weighted by Gasteiger charge is -2.43. The van der Waals surface area contributed by atoms with E-state index in [0.29, 0.717) is 48.0 Å². The highest BCUT2D eigenvalue weighted by Crippen LogP contribution is 2.51. The minimum absolute atomic E-state index is 0.0231. The van der Waals surface area contributed by atoms with Crippen LogP contribution in [0.1, 0.15) is 45.1 Å². The second-order valence-corrected chi connectivity index (χ2v) is 9.70. The van der Waals surface area contributed by atoms with Crippen LogP contribution in [0.3, 0.4) is 0 Å². The number of allylic oxidation sites excluding steroid dienone is 3. The Balaban J connectivity index is 2.00. The third-order valence-corrected chi connectivity index (χ3v) is 6.32. The summed E-state index contributed by atoms with van der Waals surface area (Å²) in [6.45, 7) is 6.54. The van der Waals surface area contributed by atoms with Gasteiger partial charge in [-0.25, -0.2) is 4.98 Å². The zero-order valence-electron chi connectivity index (χ0n) is 18.4. The molecule has 164 valence electrons. The lowest BCUT2D eigenvalue weighted by Crippen LogP contribution is -2.42. The van der Waals surface area contributed by atoms with Crippen molar-refractivity contribution in [3.63, 3.8) is 0 Å². The smallest absolute Gasteiger partial charge is 0.162 e. The fraction of sp³-hybridized carbons (Fsp3) is 0.320. The number of rotatable bonds is 4. The van der Waals surface area contributed by atoms with Crippen molar-refractivity contribution in [2.45, 2.75) is 39.5 Å². The molecule has 2 aliphatic rings. The molecule has 2 N–H and O–H groups in total. The molecule has 0 radical (unpaired) electrons. The summed E-state index contributed by atoms with van der Waals surface area (Å²) in [4.78, 5) is 19.9. The molecule has 4 rings (SSSR count). The van der Waals surface area contributed by atoms with Gasteiger partial charge in [0.25, 0.3) is 0 Å². The molecule has 1 aliphatic heterocycles. The summed E-state index contributed by atoms with van der Waals surface area (Å²) in [6, 6.07) is 13.5. The Morgan fingerprint density at radius 2 is 2.03 bits per heavy atom. The number of aromatic nitrogens is 1. The molecule has 0 unspecified atom stereocenters. The number of nitrogens with two attached hydrogens (primary N) is 1. The molecule has 2 heterocycles. The average Bonchev–Trinajstić information content (AvgIpc) is 2.74. The third-order valence-electron chi connectivity index (χ3n) is 5.85.